The summed E-state index contributed by atoms with van der Waals surface area (Å²) in [5, 5.41) is 3.19. The van der Waals surface area contributed by atoms with E-state index in [2.05, 4.69) is 36.3 Å². The molecule has 0 unspecified atom stereocenters. The van der Waals surface area contributed by atoms with E-state index < -0.39 is 0 Å². The molecule has 1 heterocycles. The normalized spacial score (nSPS) is 16.2. The lowest BCUT2D eigenvalue weighted by atomic mass is 10.1. The molecule has 0 aliphatic heterocycles. The maximum atomic E-state index is 5.93. The maximum Gasteiger partial charge on any atom is 0.213 e. The Morgan fingerprint density at radius 1 is 1.32 bits per heavy atom. The molecule has 0 saturated heterocycles. The summed E-state index contributed by atoms with van der Waals surface area (Å²) in [6, 6.07) is 4.24. The van der Waals surface area contributed by atoms with Gasteiger partial charge in [-0.1, -0.05) is 26.7 Å². The van der Waals surface area contributed by atoms with Crippen LogP contribution in [-0.2, 0) is 6.54 Å². The van der Waals surface area contributed by atoms with Crippen molar-refractivity contribution < 1.29 is 4.74 Å². The third kappa shape index (κ3) is 4.20. The lowest BCUT2D eigenvalue weighted by Crippen LogP contribution is -2.11. The first-order valence-electron chi connectivity index (χ1n) is 7.47. The second-order valence-electron chi connectivity index (χ2n) is 5.89. The molecule has 3 heteroatoms. The van der Waals surface area contributed by atoms with E-state index >= 15 is 0 Å². The van der Waals surface area contributed by atoms with Gasteiger partial charge in [-0.3, -0.25) is 0 Å². The largest absolute Gasteiger partial charge is 0.477 e. The average molecular weight is 262 g/mol. The predicted molar refractivity (Wildman–Crippen MR) is 78.5 cm³/mol. The number of hydrogen-bond donors (Lipinski definition) is 1. The highest BCUT2D eigenvalue weighted by Crippen LogP contribution is 2.26. The van der Waals surface area contributed by atoms with Crippen molar-refractivity contribution in [3.63, 3.8) is 0 Å². The van der Waals surface area contributed by atoms with Gasteiger partial charge in [-0.05, 0) is 43.4 Å². The van der Waals surface area contributed by atoms with Crippen molar-refractivity contribution in [1.82, 2.24) is 10.3 Å². The van der Waals surface area contributed by atoms with Crippen LogP contribution >= 0.6 is 0 Å². The van der Waals surface area contributed by atoms with Gasteiger partial charge in [-0.2, -0.15) is 0 Å². The monoisotopic (exact) mass is 262 g/mol. The van der Waals surface area contributed by atoms with Crippen LogP contribution in [0, 0.1) is 5.92 Å². The Bertz CT molecular complexity index is 398. The van der Waals surface area contributed by atoms with Gasteiger partial charge in [0, 0.05) is 18.3 Å². The average Bonchev–Trinajstić information content (AvgIpc) is 2.89. The highest BCUT2D eigenvalue weighted by Gasteiger charge is 2.16. The van der Waals surface area contributed by atoms with Gasteiger partial charge in [0.25, 0.3) is 0 Å². The first-order valence-corrected chi connectivity index (χ1v) is 7.47. The van der Waals surface area contributed by atoms with Crippen molar-refractivity contribution in [3.05, 3.63) is 23.4 Å². The second-order valence-corrected chi connectivity index (χ2v) is 5.89. The van der Waals surface area contributed by atoms with Crippen LogP contribution in [0.25, 0.3) is 0 Å². The van der Waals surface area contributed by atoms with Crippen LogP contribution in [0.2, 0.25) is 0 Å². The molecule has 1 aromatic rings. The number of hydrogen-bond acceptors (Lipinski definition) is 3. The van der Waals surface area contributed by atoms with E-state index in [1.165, 1.54) is 31.2 Å². The SMILES string of the molecule is CNCc1cc(OCC2CCCC2)nc(C(C)C)c1. The number of aromatic nitrogens is 1. The molecule has 1 fully saturated rings. The minimum absolute atomic E-state index is 0.436. The molecule has 3 nitrogen and oxygen atoms in total. The Hall–Kier alpha value is -1.09. The second kappa shape index (κ2) is 6.90. The third-order valence-corrected chi connectivity index (χ3v) is 3.80. The van der Waals surface area contributed by atoms with E-state index in [4.69, 9.17) is 4.74 Å². The third-order valence-electron chi connectivity index (χ3n) is 3.80. The predicted octanol–water partition coefficient (Wildman–Crippen LogP) is 3.49. The zero-order valence-corrected chi connectivity index (χ0v) is 12.4. The molecule has 0 spiro atoms. The van der Waals surface area contributed by atoms with Crippen molar-refractivity contribution in [3.8, 4) is 5.88 Å². The maximum absolute atomic E-state index is 5.93. The molecule has 1 aliphatic rings. The summed E-state index contributed by atoms with van der Waals surface area (Å²) in [4.78, 5) is 4.63. The minimum atomic E-state index is 0.436. The molecular weight excluding hydrogens is 236 g/mol. The Morgan fingerprint density at radius 3 is 2.68 bits per heavy atom. The van der Waals surface area contributed by atoms with Gasteiger partial charge < -0.3 is 10.1 Å². The molecule has 1 aromatic heterocycles. The van der Waals surface area contributed by atoms with E-state index in [1.807, 2.05) is 7.05 Å². The summed E-state index contributed by atoms with van der Waals surface area (Å²) in [6.07, 6.45) is 5.34. The smallest absolute Gasteiger partial charge is 0.213 e. The zero-order valence-electron chi connectivity index (χ0n) is 12.4. The van der Waals surface area contributed by atoms with E-state index in [9.17, 15) is 0 Å². The molecule has 106 valence electrons. The van der Waals surface area contributed by atoms with E-state index in [0.29, 0.717) is 5.92 Å². The van der Waals surface area contributed by atoms with Gasteiger partial charge in [0.1, 0.15) is 0 Å². The fraction of sp³-hybridized carbons (Fsp3) is 0.688. The Labute approximate surface area is 116 Å². The first-order chi connectivity index (χ1) is 9.19. The van der Waals surface area contributed by atoms with Gasteiger partial charge in [-0.25, -0.2) is 4.98 Å². The van der Waals surface area contributed by atoms with Crippen molar-refractivity contribution in [2.24, 2.45) is 5.92 Å². The van der Waals surface area contributed by atoms with Crippen molar-refractivity contribution in [1.29, 1.82) is 0 Å². The fourth-order valence-corrected chi connectivity index (χ4v) is 2.64. The summed E-state index contributed by atoms with van der Waals surface area (Å²) in [7, 11) is 1.97. The lowest BCUT2D eigenvalue weighted by molar-refractivity contribution is 0.242. The number of nitrogens with one attached hydrogen (secondary N) is 1. The molecule has 0 atom stereocenters. The number of nitrogens with zero attached hydrogens (tertiary/aromatic N) is 1. The van der Waals surface area contributed by atoms with Gasteiger partial charge in [0.15, 0.2) is 0 Å². The van der Waals surface area contributed by atoms with Crippen LogP contribution < -0.4 is 10.1 Å². The Kier molecular flexibility index (Phi) is 5.20. The Balaban J connectivity index is 2.04. The highest BCUT2D eigenvalue weighted by atomic mass is 16.5. The summed E-state index contributed by atoms with van der Waals surface area (Å²) in [5.74, 6) is 1.96. The van der Waals surface area contributed by atoms with Gasteiger partial charge in [0.2, 0.25) is 5.88 Å². The van der Waals surface area contributed by atoms with Crippen LogP contribution in [0.3, 0.4) is 0 Å². The summed E-state index contributed by atoms with van der Waals surface area (Å²) < 4.78 is 5.93. The number of ether oxygens (including phenoxy) is 1. The Morgan fingerprint density at radius 2 is 2.05 bits per heavy atom. The molecule has 0 radical (unpaired) electrons. The zero-order chi connectivity index (χ0) is 13.7. The molecule has 1 aliphatic carbocycles. The van der Waals surface area contributed by atoms with E-state index in [-0.39, 0.29) is 0 Å². The topological polar surface area (TPSA) is 34.1 Å². The van der Waals surface area contributed by atoms with Gasteiger partial charge >= 0.3 is 0 Å². The molecule has 0 aromatic carbocycles. The summed E-state index contributed by atoms with van der Waals surface area (Å²) in [6.45, 7) is 6.04. The van der Waals surface area contributed by atoms with Crippen molar-refractivity contribution in [2.45, 2.75) is 52.0 Å². The van der Waals surface area contributed by atoms with Gasteiger partial charge in [-0.15, -0.1) is 0 Å². The van der Waals surface area contributed by atoms with Crippen LogP contribution in [-0.4, -0.2) is 18.6 Å². The first kappa shape index (κ1) is 14.3. The van der Waals surface area contributed by atoms with Crippen LogP contribution in [0.5, 0.6) is 5.88 Å². The molecule has 0 bridgehead atoms. The molecule has 1 saturated carbocycles. The fourth-order valence-electron chi connectivity index (χ4n) is 2.64. The van der Waals surface area contributed by atoms with Crippen LogP contribution in [0.15, 0.2) is 12.1 Å². The van der Waals surface area contributed by atoms with Crippen molar-refractivity contribution in [2.75, 3.05) is 13.7 Å². The van der Waals surface area contributed by atoms with Crippen LogP contribution in [0.1, 0.15) is 56.7 Å². The van der Waals surface area contributed by atoms with Gasteiger partial charge in [0.05, 0.1) is 6.61 Å². The van der Waals surface area contributed by atoms with E-state index in [0.717, 1.165) is 30.6 Å². The molecule has 0 amide bonds. The highest BCUT2D eigenvalue weighted by molar-refractivity contribution is 5.26. The van der Waals surface area contributed by atoms with E-state index in [1.54, 1.807) is 0 Å². The standard InChI is InChI=1S/C16H26N2O/c1-12(2)15-8-14(10-17-3)9-16(18-15)19-11-13-6-4-5-7-13/h8-9,12-13,17H,4-7,10-11H2,1-3H3. The molecule has 1 N–H and O–H groups in total. The number of pyridine rings is 1. The molecule has 19 heavy (non-hydrogen) atoms. The molecular formula is C16H26N2O. The minimum Gasteiger partial charge on any atom is -0.477 e. The summed E-state index contributed by atoms with van der Waals surface area (Å²) >= 11 is 0. The lowest BCUT2D eigenvalue weighted by Gasteiger charge is -2.14. The van der Waals surface area contributed by atoms with Crippen molar-refractivity contribution >= 4 is 0 Å². The molecule has 2 rings (SSSR count). The summed E-state index contributed by atoms with van der Waals surface area (Å²) in [5.41, 5.74) is 2.37. The quantitative estimate of drug-likeness (QED) is 0.852. The number of rotatable bonds is 6. The van der Waals surface area contributed by atoms with Crippen LogP contribution in [0.4, 0.5) is 0 Å².